The van der Waals surface area contributed by atoms with Gasteiger partial charge in [-0.1, -0.05) is 0 Å². The second kappa shape index (κ2) is 8.30. The summed E-state index contributed by atoms with van der Waals surface area (Å²) in [5.41, 5.74) is 4.86. The number of alkyl halides is 3. The number of amides is 1. The standard InChI is InChI=1S/C19H15F3N6O2S/c20-19(21,22)14-3-4-25-17(27-14)15(16(23)29)18-26-12-2-1-11(9-13(12)31-18)30-8-7-28-6-5-24-10-28/h1-6,9-10,15H,7-8H2,(H2,23,29). The van der Waals surface area contributed by atoms with Crippen molar-refractivity contribution in [3.63, 3.8) is 0 Å². The average molecular weight is 448 g/mol. The number of carbonyl (C=O) groups excluding carboxylic acids is 1. The van der Waals surface area contributed by atoms with E-state index in [1.807, 2.05) is 10.8 Å². The van der Waals surface area contributed by atoms with Crippen molar-refractivity contribution < 1.29 is 22.7 Å². The zero-order valence-electron chi connectivity index (χ0n) is 15.8. The maximum absolute atomic E-state index is 13.0. The van der Waals surface area contributed by atoms with Crippen LogP contribution in [0.5, 0.6) is 5.75 Å². The van der Waals surface area contributed by atoms with Crippen LogP contribution in [0.1, 0.15) is 22.4 Å². The summed E-state index contributed by atoms with van der Waals surface area (Å²) in [6, 6.07) is 5.90. The number of fused-ring (bicyclic) bond motifs is 1. The van der Waals surface area contributed by atoms with Gasteiger partial charge in [0.2, 0.25) is 5.91 Å². The first-order valence-electron chi connectivity index (χ1n) is 9.00. The zero-order chi connectivity index (χ0) is 22.0. The van der Waals surface area contributed by atoms with E-state index in [-0.39, 0.29) is 10.8 Å². The van der Waals surface area contributed by atoms with Gasteiger partial charge in [-0.3, -0.25) is 4.79 Å². The number of hydrogen-bond donors (Lipinski definition) is 1. The third kappa shape index (κ3) is 4.63. The van der Waals surface area contributed by atoms with E-state index in [1.54, 1.807) is 30.7 Å². The number of hydrogen-bond acceptors (Lipinski definition) is 7. The van der Waals surface area contributed by atoms with E-state index in [4.69, 9.17) is 10.5 Å². The van der Waals surface area contributed by atoms with Crippen LogP contribution in [0.3, 0.4) is 0 Å². The molecule has 1 amide bonds. The van der Waals surface area contributed by atoms with E-state index in [1.165, 1.54) is 0 Å². The number of ether oxygens (including phenoxy) is 1. The van der Waals surface area contributed by atoms with Crippen molar-refractivity contribution in [3.05, 3.63) is 65.7 Å². The lowest BCUT2D eigenvalue weighted by atomic mass is 10.1. The molecule has 0 aliphatic carbocycles. The van der Waals surface area contributed by atoms with E-state index < -0.39 is 23.7 Å². The minimum absolute atomic E-state index is 0.206. The van der Waals surface area contributed by atoms with Crippen LogP contribution in [-0.4, -0.2) is 37.0 Å². The molecule has 12 heteroatoms. The van der Waals surface area contributed by atoms with Gasteiger partial charge in [0.1, 0.15) is 34.8 Å². The van der Waals surface area contributed by atoms with Crippen molar-refractivity contribution in [3.8, 4) is 5.75 Å². The molecule has 0 spiro atoms. The monoisotopic (exact) mass is 448 g/mol. The minimum atomic E-state index is -4.67. The fraction of sp³-hybridized carbons (Fsp3) is 0.211. The van der Waals surface area contributed by atoms with Gasteiger partial charge in [0.15, 0.2) is 0 Å². The fourth-order valence-corrected chi connectivity index (χ4v) is 3.96. The Morgan fingerprint density at radius 3 is 2.77 bits per heavy atom. The lowest BCUT2D eigenvalue weighted by molar-refractivity contribution is -0.141. The fourth-order valence-electron chi connectivity index (χ4n) is 2.85. The highest BCUT2D eigenvalue weighted by molar-refractivity contribution is 7.18. The number of primary amides is 1. The predicted molar refractivity (Wildman–Crippen MR) is 105 cm³/mol. The van der Waals surface area contributed by atoms with Crippen molar-refractivity contribution in [2.45, 2.75) is 18.6 Å². The van der Waals surface area contributed by atoms with Crippen LogP contribution in [0, 0.1) is 0 Å². The van der Waals surface area contributed by atoms with Crippen LogP contribution >= 0.6 is 11.3 Å². The number of aromatic nitrogens is 5. The van der Waals surface area contributed by atoms with Crippen molar-refractivity contribution in [2.75, 3.05) is 6.61 Å². The third-order valence-corrected chi connectivity index (χ3v) is 5.39. The molecule has 0 radical (unpaired) electrons. The molecule has 31 heavy (non-hydrogen) atoms. The number of halogens is 3. The lowest BCUT2D eigenvalue weighted by Gasteiger charge is -2.11. The van der Waals surface area contributed by atoms with Crippen LogP contribution in [0.4, 0.5) is 13.2 Å². The first-order valence-corrected chi connectivity index (χ1v) is 9.81. The summed E-state index contributed by atoms with van der Waals surface area (Å²) in [7, 11) is 0. The topological polar surface area (TPSA) is 109 Å². The molecule has 1 unspecified atom stereocenters. The highest BCUT2D eigenvalue weighted by atomic mass is 32.1. The Hall–Kier alpha value is -3.54. The molecule has 3 aromatic heterocycles. The van der Waals surface area contributed by atoms with Crippen LogP contribution in [0.15, 0.2) is 49.2 Å². The summed E-state index contributed by atoms with van der Waals surface area (Å²) in [4.78, 5) is 27.7. The Kier molecular flexibility index (Phi) is 5.55. The van der Waals surface area contributed by atoms with Crippen LogP contribution < -0.4 is 10.5 Å². The molecule has 0 aliphatic rings. The van der Waals surface area contributed by atoms with Gasteiger partial charge in [-0.25, -0.2) is 19.9 Å². The molecule has 0 bridgehead atoms. The summed E-state index contributed by atoms with van der Waals surface area (Å²) in [5.74, 6) is -1.95. The summed E-state index contributed by atoms with van der Waals surface area (Å²) in [6.07, 6.45) is 1.45. The molecule has 0 saturated carbocycles. The van der Waals surface area contributed by atoms with Crippen molar-refractivity contribution in [1.82, 2.24) is 24.5 Å². The highest BCUT2D eigenvalue weighted by Crippen LogP contribution is 2.34. The van der Waals surface area contributed by atoms with E-state index >= 15 is 0 Å². The SMILES string of the molecule is NC(=O)C(c1nccc(C(F)(F)F)n1)c1nc2ccc(OCCn3ccnc3)cc2s1. The first-order chi connectivity index (χ1) is 14.8. The van der Waals surface area contributed by atoms with Gasteiger partial charge in [-0.15, -0.1) is 11.3 Å². The molecule has 4 rings (SSSR count). The largest absolute Gasteiger partial charge is 0.492 e. The normalized spacial score (nSPS) is 12.7. The molecule has 1 aromatic carbocycles. The number of carbonyl (C=O) groups is 1. The Morgan fingerprint density at radius 2 is 2.06 bits per heavy atom. The molecule has 2 N–H and O–H groups in total. The molecule has 0 saturated heterocycles. The van der Waals surface area contributed by atoms with Gasteiger partial charge in [-0.05, 0) is 24.3 Å². The zero-order valence-corrected chi connectivity index (χ0v) is 16.6. The second-order valence-corrected chi connectivity index (χ2v) is 7.53. The van der Waals surface area contributed by atoms with E-state index in [0.717, 1.165) is 23.6 Å². The van der Waals surface area contributed by atoms with Crippen molar-refractivity contribution >= 4 is 27.5 Å². The van der Waals surface area contributed by atoms with E-state index in [2.05, 4.69) is 19.9 Å². The Morgan fingerprint density at radius 1 is 1.23 bits per heavy atom. The molecule has 160 valence electrons. The first kappa shape index (κ1) is 20.7. The number of benzene rings is 1. The Balaban J connectivity index is 1.59. The summed E-state index contributed by atoms with van der Waals surface area (Å²) in [5, 5.41) is 0.206. The molecule has 8 nitrogen and oxygen atoms in total. The quantitative estimate of drug-likeness (QED) is 0.466. The average Bonchev–Trinajstić information content (AvgIpc) is 3.37. The molecule has 0 aliphatic heterocycles. The van der Waals surface area contributed by atoms with E-state index in [0.29, 0.717) is 29.1 Å². The summed E-state index contributed by atoms with van der Waals surface area (Å²) < 4.78 is 47.3. The molecule has 4 aromatic rings. The van der Waals surface area contributed by atoms with Gasteiger partial charge in [0, 0.05) is 18.6 Å². The summed E-state index contributed by atoms with van der Waals surface area (Å²) >= 11 is 1.12. The van der Waals surface area contributed by atoms with Gasteiger partial charge >= 0.3 is 6.18 Å². The molecule has 0 fully saturated rings. The number of thiazole rings is 1. The highest BCUT2D eigenvalue weighted by Gasteiger charge is 2.35. The lowest BCUT2D eigenvalue weighted by Crippen LogP contribution is -2.25. The minimum Gasteiger partial charge on any atom is -0.492 e. The van der Waals surface area contributed by atoms with Crippen molar-refractivity contribution in [2.24, 2.45) is 5.73 Å². The second-order valence-electron chi connectivity index (χ2n) is 6.46. The van der Waals surface area contributed by atoms with E-state index in [9.17, 15) is 18.0 Å². The van der Waals surface area contributed by atoms with Gasteiger partial charge in [-0.2, -0.15) is 13.2 Å². The number of nitrogens with two attached hydrogens (primary N) is 1. The van der Waals surface area contributed by atoms with Gasteiger partial charge in [0.25, 0.3) is 0 Å². The van der Waals surface area contributed by atoms with Crippen LogP contribution in [0.2, 0.25) is 0 Å². The summed E-state index contributed by atoms with van der Waals surface area (Å²) in [6.45, 7) is 1.03. The number of rotatable bonds is 7. The van der Waals surface area contributed by atoms with Crippen LogP contribution in [-0.2, 0) is 17.5 Å². The Bertz CT molecular complexity index is 1210. The number of nitrogens with zero attached hydrogens (tertiary/aromatic N) is 5. The number of imidazole rings is 1. The molecular formula is C19H15F3N6O2S. The third-order valence-electron chi connectivity index (χ3n) is 4.31. The maximum Gasteiger partial charge on any atom is 0.433 e. The van der Waals surface area contributed by atoms with Gasteiger partial charge in [0.05, 0.1) is 23.1 Å². The van der Waals surface area contributed by atoms with Crippen molar-refractivity contribution in [1.29, 1.82) is 0 Å². The van der Waals surface area contributed by atoms with Gasteiger partial charge < -0.3 is 15.0 Å². The Labute approximate surface area is 177 Å². The van der Waals surface area contributed by atoms with Crippen LogP contribution in [0.25, 0.3) is 10.2 Å². The molecule has 3 heterocycles. The smallest absolute Gasteiger partial charge is 0.433 e. The maximum atomic E-state index is 13.0. The molecule has 1 atom stereocenters. The molecular weight excluding hydrogens is 433 g/mol. The predicted octanol–water partition coefficient (Wildman–Crippen LogP) is 3.00.